The molecule has 0 bridgehead atoms. The zero-order chi connectivity index (χ0) is 49.1. The van der Waals surface area contributed by atoms with Crippen LogP contribution in [0.1, 0.15) is 106 Å². The molecule has 3 aliphatic heterocycles. The van der Waals surface area contributed by atoms with Crippen molar-refractivity contribution in [3.63, 3.8) is 0 Å². The van der Waals surface area contributed by atoms with Crippen LogP contribution in [0.3, 0.4) is 0 Å². The van der Waals surface area contributed by atoms with Crippen LogP contribution in [0.2, 0.25) is 0 Å². The molecule has 0 unspecified atom stereocenters. The number of hydrogen-bond acceptors (Lipinski definition) is 18. The molecule has 3 heterocycles. The molecule has 67 heavy (non-hydrogen) atoms. The van der Waals surface area contributed by atoms with Gasteiger partial charge in [0, 0.05) is 0 Å². The molecular formula is C48H76O19. The van der Waals surface area contributed by atoms with Gasteiger partial charge in [-0.05, 0) is 122 Å². The van der Waals surface area contributed by atoms with Crippen LogP contribution in [-0.4, -0.2) is 180 Å². The zero-order valence-corrected chi connectivity index (χ0v) is 39.5. The molecule has 8 rings (SSSR count). The Morgan fingerprint density at radius 2 is 1.24 bits per heavy atom. The number of carboxylic acids is 1. The fourth-order valence-corrected chi connectivity index (χ4v) is 15.8. The summed E-state index contributed by atoms with van der Waals surface area (Å²) in [6.07, 6.45) is -17.7. The van der Waals surface area contributed by atoms with Crippen molar-refractivity contribution < 1.29 is 94.2 Å². The maximum Gasteiger partial charge on any atom is 0.335 e. The van der Waals surface area contributed by atoms with Crippen molar-refractivity contribution >= 4 is 11.9 Å². The summed E-state index contributed by atoms with van der Waals surface area (Å²) in [7, 11) is 0. The van der Waals surface area contributed by atoms with Gasteiger partial charge < -0.3 is 84.6 Å². The third-order valence-corrected chi connectivity index (χ3v) is 19.7. The summed E-state index contributed by atoms with van der Waals surface area (Å²) in [5.74, 6) is -1.58. The van der Waals surface area contributed by atoms with Crippen LogP contribution < -0.4 is 0 Å². The highest BCUT2D eigenvalue weighted by Gasteiger charge is 2.73. The molecule has 0 aromatic heterocycles. The summed E-state index contributed by atoms with van der Waals surface area (Å²) < 4.78 is 35.1. The number of aliphatic hydroxyl groups excluding tert-OH is 10. The van der Waals surface area contributed by atoms with Gasteiger partial charge in [-0.1, -0.05) is 46.8 Å². The highest BCUT2D eigenvalue weighted by molar-refractivity contribution is 5.78. The van der Waals surface area contributed by atoms with Crippen LogP contribution in [0.5, 0.6) is 0 Å². The molecule has 0 amide bonds. The maximum absolute atomic E-state index is 15.0. The zero-order valence-electron chi connectivity index (χ0n) is 39.5. The second-order valence-electron chi connectivity index (χ2n) is 23.0. The third-order valence-electron chi connectivity index (χ3n) is 19.7. The normalized spacial score (nSPS) is 53.9. The van der Waals surface area contributed by atoms with Crippen LogP contribution in [0.4, 0.5) is 0 Å². The van der Waals surface area contributed by atoms with Crippen molar-refractivity contribution in [3.8, 4) is 0 Å². The molecule has 0 radical (unpaired) electrons. The Bertz CT molecular complexity index is 1850. The number of ether oxygens (including phenoxy) is 6. The van der Waals surface area contributed by atoms with Crippen molar-refractivity contribution in [3.05, 3.63) is 12.2 Å². The van der Waals surface area contributed by atoms with E-state index in [0.29, 0.717) is 31.6 Å². The molecule has 19 heteroatoms. The molecule has 11 N–H and O–H groups in total. The largest absolute Gasteiger partial charge is 0.479 e. The average molecular weight is 957 g/mol. The van der Waals surface area contributed by atoms with E-state index in [9.17, 15) is 65.8 Å². The Hall–Kier alpha value is -1.92. The predicted octanol–water partition coefficient (Wildman–Crippen LogP) is 0.0887. The molecule has 8 fully saturated rings. The van der Waals surface area contributed by atoms with Crippen molar-refractivity contribution in [2.75, 3.05) is 13.2 Å². The Balaban J connectivity index is 0.994. The van der Waals surface area contributed by atoms with Crippen molar-refractivity contribution in [2.45, 2.75) is 204 Å². The molecule has 3 saturated heterocycles. The number of rotatable bonds is 10. The Morgan fingerprint density at radius 3 is 1.88 bits per heavy atom. The highest BCUT2D eigenvalue weighted by Crippen LogP contribution is 2.78. The summed E-state index contributed by atoms with van der Waals surface area (Å²) in [5, 5.41) is 115. The molecule has 25 atom stereocenters. The maximum atomic E-state index is 15.0. The number of aliphatic hydroxyl groups is 10. The number of carbonyl (C=O) groups is 2. The van der Waals surface area contributed by atoms with Gasteiger partial charge in [-0.3, -0.25) is 4.79 Å². The first kappa shape index (κ1) is 51.4. The van der Waals surface area contributed by atoms with Crippen LogP contribution in [0.25, 0.3) is 0 Å². The number of fused-ring (bicyclic) bond motifs is 7. The number of hydrogen-bond donors (Lipinski definition) is 11. The average Bonchev–Trinajstić information content (AvgIpc) is 3.68. The molecule has 19 nitrogen and oxygen atoms in total. The van der Waals surface area contributed by atoms with E-state index >= 15 is 0 Å². The predicted molar refractivity (Wildman–Crippen MR) is 231 cm³/mol. The highest BCUT2D eigenvalue weighted by atomic mass is 16.7. The molecule has 0 aromatic carbocycles. The smallest absolute Gasteiger partial charge is 0.335 e. The Morgan fingerprint density at radius 1 is 0.627 bits per heavy atom. The van der Waals surface area contributed by atoms with Gasteiger partial charge in [0.2, 0.25) is 6.29 Å². The van der Waals surface area contributed by atoms with E-state index in [4.69, 9.17) is 28.4 Å². The van der Waals surface area contributed by atoms with Crippen molar-refractivity contribution in [1.82, 2.24) is 0 Å². The standard InChI is InChI=1S/C48H76O19/c1-20(2)21-10-15-48(43(61)67-41-36(57)32(53)30(51)24(64-41)19-62-40-35(56)31(52)29(50)23(18-49)63-40)17-16-46(6)22(28(21)48)8-9-26-45(5)13-12-27(44(3,4)25(45)11-14-47(26,46)7)65-42-37(58)33(54)34(55)38(66-42)39(59)60/h21-38,40-42,49-58H,1,8-19H2,2-7H3,(H,59,60)/t21-,22+,23+,24+,25-,26+,27-,28+,29+,30+,31-,32-,33-,34-,35+,36+,37+,38-,40+,41-,42+,45-,46+,47+,48-/m0/s1. The van der Waals surface area contributed by atoms with Gasteiger partial charge >= 0.3 is 11.9 Å². The van der Waals surface area contributed by atoms with E-state index < -0.39 is 134 Å². The monoisotopic (exact) mass is 956 g/mol. The van der Waals surface area contributed by atoms with Crippen LogP contribution >= 0.6 is 0 Å². The Labute approximate surface area is 391 Å². The van der Waals surface area contributed by atoms with Crippen LogP contribution in [0, 0.1) is 56.7 Å². The van der Waals surface area contributed by atoms with E-state index in [-0.39, 0.29) is 39.9 Å². The summed E-state index contributed by atoms with van der Waals surface area (Å²) >= 11 is 0. The molecule has 8 aliphatic rings. The number of aliphatic carboxylic acids is 1. The summed E-state index contributed by atoms with van der Waals surface area (Å²) in [6.45, 7) is 16.7. The van der Waals surface area contributed by atoms with Gasteiger partial charge in [-0.15, -0.1) is 0 Å². The second kappa shape index (κ2) is 18.3. The van der Waals surface area contributed by atoms with Gasteiger partial charge in [0.1, 0.15) is 67.1 Å². The first-order valence-corrected chi connectivity index (χ1v) is 24.4. The number of allylic oxidation sites excluding steroid dienone is 1. The number of carbonyl (C=O) groups excluding carboxylic acids is 1. The molecule has 0 spiro atoms. The van der Waals surface area contributed by atoms with Crippen molar-refractivity contribution in [2.24, 2.45) is 56.7 Å². The van der Waals surface area contributed by atoms with E-state index in [1.54, 1.807) is 0 Å². The molecule has 5 aliphatic carbocycles. The van der Waals surface area contributed by atoms with Gasteiger partial charge in [0.05, 0.1) is 24.7 Å². The first-order valence-electron chi connectivity index (χ1n) is 24.4. The van der Waals surface area contributed by atoms with Gasteiger partial charge in [-0.25, -0.2) is 4.79 Å². The van der Waals surface area contributed by atoms with E-state index in [1.165, 1.54) is 0 Å². The lowest BCUT2D eigenvalue weighted by molar-refractivity contribution is -0.329. The molecule has 5 saturated carbocycles. The number of esters is 1. The molecule has 382 valence electrons. The minimum absolute atomic E-state index is 0.0118. The topological polar surface area (TPSA) is 312 Å². The third kappa shape index (κ3) is 7.97. The minimum Gasteiger partial charge on any atom is -0.479 e. The van der Waals surface area contributed by atoms with Gasteiger partial charge in [0.25, 0.3) is 0 Å². The quantitative estimate of drug-likeness (QED) is 0.0785. The summed E-state index contributed by atoms with van der Waals surface area (Å²) in [5.41, 5.74) is -0.902. The Kier molecular flexibility index (Phi) is 14.0. The fraction of sp³-hybridized carbons (Fsp3) is 0.917. The van der Waals surface area contributed by atoms with Crippen LogP contribution in [0.15, 0.2) is 12.2 Å². The lowest BCUT2D eigenvalue weighted by atomic mass is 9.32. The van der Waals surface area contributed by atoms with Gasteiger partial charge in [-0.2, -0.15) is 0 Å². The van der Waals surface area contributed by atoms with Crippen molar-refractivity contribution in [1.29, 1.82) is 0 Å². The SMILES string of the molecule is C=C(C)[C@@H]1CC[C@]2(C(=O)O[C@@H]3O[C@H](CO[C@@H]4O[C@H](CO)[C@@H](O)[C@H](O)[C@H]4O)[C@@H](O)[C@H](O)[C@H]3O)CC[C@]3(C)[C@H](CC[C@@H]4[C@@]5(C)CC[C@H](O[C@@H]6O[C@H](C(=O)O)[C@@H](O)[C@H](O)[C@H]6O)C(C)(C)[C@@H]5CC[C@]43C)[C@@H]12. The summed E-state index contributed by atoms with van der Waals surface area (Å²) in [4.78, 5) is 26.8. The fourth-order valence-electron chi connectivity index (χ4n) is 15.8. The minimum atomic E-state index is -1.82. The van der Waals surface area contributed by atoms with Crippen LogP contribution in [-0.2, 0) is 38.0 Å². The van der Waals surface area contributed by atoms with E-state index in [0.717, 1.165) is 44.1 Å². The molecular weight excluding hydrogens is 881 g/mol. The van der Waals surface area contributed by atoms with Gasteiger partial charge in [0.15, 0.2) is 18.7 Å². The number of carboxylic acid groups (broad SMARTS) is 1. The lowest BCUT2D eigenvalue weighted by Crippen LogP contribution is -2.68. The lowest BCUT2D eigenvalue weighted by Gasteiger charge is -2.73. The first-order chi connectivity index (χ1) is 31.3. The summed E-state index contributed by atoms with van der Waals surface area (Å²) in [6, 6.07) is 0. The van der Waals surface area contributed by atoms with E-state index in [1.807, 2.05) is 6.92 Å². The van der Waals surface area contributed by atoms with E-state index in [2.05, 4.69) is 41.2 Å². The molecule has 0 aromatic rings. The second-order valence-corrected chi connectivity index (χ2v) is 23.0.